The van der Waals surface area contributed by atoms with Crippen LogP contribution in [0.25, 0.3) is 0 Å². The van der Waals surface area contributed by atoms with Crippen LogP contribution in [0.1, 0.15) is 17.9 Å². The lowest BCUT2D eigenvalue weighted by atomic mass is 9.83. The lowest BCUT2D eigenvalue weighted by molar-refractivity contribution is -0.111. The van der Waals surface area contributed by atoms with Gasteiger partial charge in [-0.15, -0.1) is 0 Å². The summed E-state index contributed by atoms with van der Waals surface area (Å²) in [5, 5.41) is 13.0. The Morgan fingerprint density at radius 1 is 1.03 bits per heavy atom. The number of aliphatic hydroxyl groups is 1. The van der Waals surface area contributed by atoms with E-state index in [-0.39, 0.29) is 5.92 Å². The van der Waals surface area contributed by atoms with Crippen molar-refractivity contribution in [2.75, 3.05) is 59.5 Å². The summed E-state index contributed by atoms with van der Waals surface area (Å²) in [6.07, 6.45) is 1.43. The third-order valence-electron chi connectivity index (χ3n) is 6.80. The van der Waals surface area contributed by atoms with Crippen molar-refractivity contribution < 1.29 is 19.4 Å². The summed E-state index contributed by atoms with van der Waals surface area (Å²) in [5.41, 5.74) is 3.50. The highest BCUT2D eigenvalue weighted by molar-refractivity contribution is 7.97. The van der Waals surface area contributed by atoms with E-state index in [4.69, 9.17) is 9.47 Å². The Labute approximate surface area is 211 Å². The van der Waals surface area contributed by atoms with E-state index < -0.39 is 5.60 Å². The molecule has 4 aliphatic rings. The molecule has 0 spiro atoms. The molecular formula is C27H33N3O4S. The fraction of sp³-hybridized carbons (Fsp3) is 0.444. The maximum Gasteiger partial charge on any atom is 0.162 e. The number of carbonyl (C=O) groups is 1. The largest absolute Gasteiger partial charge is 0.486 e. The van der Waals surface area contributed by atoms with Gasteiger partial charge in [-0.3, -0.25) is 4.90 Å². The van der Waals surface area contributed by atoms with Crippen molar-refractivity contribution in [3.05, 3.63) is 65.2 Å². The molecule has 35 heavy (non-hydrogen) atoms. The number of nitrogens with one attached hydrogen (secondary N) is 1. The third kappa shape index (κ3) is 5.90. The first kappa shape index (κ1) is 24.3. The van der Waals surface area contributed by atoms with Crippen molar-refractivity contribution in [3.63, 3.8) is 0 Å². The van der Waals surface area contributed by atoms with E-state index in [9.17, 15) is 9.90 Å². The number of fused-ring (bicyclic) bond motifs is 1. The molecule has 1 saturated heterocycles. The molecule has 0 aliphatic carbocycles. The topological polar surface area (TPSA) is 74.3 Å². The number of ether oxygens (including phenoxy) is 2. The van der Waals surface area contributed by atoms with Gasteiger partial charge in [-0.1, -0.05) is 30.3 Å². The minimum Gasteiger partial charge on any atom is -0.486 e. The second-order valence-electron chi connectivity index (χ2n) is 9.76. The predicted molar refractivity (Wildman–Crippen MR) is 137 cm³/mol. The Balaban J connectivity index is 0.000000152. The molecule has 1 unspecified atom stereocenters. The van der Waals surface area contributed by atoms with Gasteiger partial charge in [0, 0.05) is 50.1 Å². The van der Waals surface area contributed by atoms with Crippen LogP contribution in [0.3, 0.4) is 0 Å². The number of rotatable bonds is 6. The van der Waals surface area contributed by atoms with Crippen molar-refractivity contribution in [2.24, 2.45) is 0 Å². The summed E-state index contributed by atoms with van der Waals surface area (Å²) in [4.78, 5) is 14.6. The van der Waals surface area contributed by atoms with Crippen LogP contribution >= 0.6 is 11.9 Å². The highest BCUT2D eigenvalue weighted by Gasteiger charge is 2.36. The van der Waals surface area contributed by atoms with Crippen LogP contribution in [0.4, 0.5) is 0 Å². The van der Waals surface area contributed by atoms with Gasteiger partial charge >= 0.3 is 0 Å². The van der Waals surface area contributed by atoms with Crippen LogP contribution in [0, 0.1) is 0 Å². The first-order valence-corrected chi connectivity index (χ1v) is 12.9. The molecule has 0 amide bonds. The number of β-amino-alcohol motifs (C(OH)–C–C–N with tert-alkyl or cyclic N) is 1. The summed E-state index contributed by atoms with van der Waals surface area (Å²) < 4.78 is 13.6. The van der Waals surface area contributed by atoms with Gasteiger partial charge in [-0.05, 0) is 60.3 Å². The molecular weight excluding hydrogens is 462 g/mol. The number of aldehydes is 1. The fourth-order valence-electron chi connectivity index (χ4n) is 4.94. The maximum atomic E-state index is 11.0. The van der Waals surface area contributed by atoms with Gasteiger partial charge in [-0.2, -0.15) is 0 Å². The lowest BCUT2D eigenvalue weighted by Gasteiger charge is -2.39. The van der Waals surface area contributed by atoms with Crippen molar-refractivity contribution in [3.8, 4) is 11.5 Å². The highest BCUT2D eigenvalue weighted by atomic mass is 32.2. The van der Waals surface area contributed by atoms with Crippen LogP contribution in [-0.4, -0.2) is 85.7 Å². The fourth-order valence-corrected chi connectivity index (χ4v) is 5.97. The van der Waals surface area contributed by atoms with Gasteiger partial charge in [0.1, 0.15) is 19.5 Å². The van der Waals surface area contributed by atoms with Crippen molar-refractivity contribution >= 4 is 18.2 Å². The van der Waals surface area contributed by atoms with Crippen LogP contribution < -0.4 is 14.8 Å². The van der Waals surface area contributed by atoms with Crippen molar-refractivity contribution in [1.29, 1.82) is 0 Å². The first-order chi connectivity index (χ1) is 17.0. The van der Waals surface area contributed by atoms with Crippen LogP contribution in [0.5, 0.6) is 11.5 Å². The zero-order valence-electron chi connectivity index (χ0n) is 20.1. The molecule has 8 heteroatoms. The Hall–Kier alpha value is -2.36. The van der Waals surface area contributed by atoms with Crippen molar-refractivity contribution in [2.45, 2.75) is 22.8 Å². The number of nitrogens with zero attached hydrogens (tertiary/aromatic N) is 2. The van der Waals surface area contributed by atoms with Gasteiger partial charge in [0.05, 0.1) is 5.60 Å². The summed E-state index contributed by atoms with van der Waals surface area (Å²) in [5.74, 6) is 1.54. The van der Waals surface area contributed by atoms with E-state index in [2.05, 4.69) is 33.7 Å². The molecule has 186 valence electrons. The minimum atomic E-state index is -0.693. The Bertz CT molecular complexity index is 1060. The summed E-state index contributed by atoms with van der Waals surface area (Å²) in [6.45, 7) is 6.90. The molecule has 0 aromatic heterocycles. The molecule has 0 radical (unpaired) electrons. The molecule has 4 heterocycles. The smallest absolute Gasteiger partial charge is 0.162 e. The average molecular weight is 496 g/mol. The summed E-state index contributed by atoms with van der Waals surface area (Å²) in [6, 6.07) is 15.8. The van der Waals surface area contributed by atoms with Gasteiger partial charge in [0.2, 0.25) is 0 Å². The quantitative estimate of drug-likeness (QED) is 0.360. The van der Waals surface area contributed by atoms with Gasteiger partial charge < -0.3 is 24.7 Å². The summed E-state index contributed by atoms with van der Waals surface area (Å²) in [7, 11) is 2.19. The summed E-state index contributed by atoms with van der Waals surface area (Å²) >= 11 is 1.82. The molecule has 7 nitrogen and oxygen atoms in total. The Kier molecular flexibility index (Phi) is 7.45. The minimum absolute atomic E-state index is 0.196. The molecule has 6 rings (SSSR count). The molecule has 1 atom stereocenters. The number of likely N-dealkylation sites (N-methyl/N-ethyl adjacent to an activating group) is 1. The Morgan fingerprint density at radius 3 is 2.34 bits per heavy atom. The number of benzene rings is 2. The predicted octanol–water partition coefficient (Wildman–Crippen LogP) is 2.72. The van der Waals surface area contributed by atoms with Gasteiger partial charge in [-0.25, -0.2) is 4.31 Å². The maximum absolute atomic E-state index is 11.0. The monoisotopic (exact) mass is 495 g/mol. The molecule has 2 aromatic rings. The van der Waals surface area contributed by atoms with Crippen LogP contribution in [0.15, 0.2) is 64.6 Å². The number of hydrogen-bond acceptors (Lipinski definition) is 8. The van der Waals surface area contributed by atoms with E-state index in [0.29, 0.717) is 32.7 Å². The zero-order valence-corrected chi connectivity index (χ0v) is 20.9. The molecule has 0 bridgehead atoms. The standard InChI is InChI=1S/C15H18N2O2S.C12H15NO2/c1-16-7-11-9-17(10-12(11)8-16)20-13-2-3-14-15(6-13)19-5-4-18-14;14-7-11(6-12(15)8-13-9-12)10-4-2-1-3-5-10/h2-3,6H,4-5,7-10H2,1H3;1-5,7,11,13,15H,6,8-9H2. The molecule has 0 saturated carbocycles. The average Bonchev–Trinajstić information content (AvgIpc) is 3.39. The van der Waals surface area contributed by atoms with E-state index in [1.54, 1.807) is 11.1 Å². The highest BCUT2D eigenvalue weighted by Crippen LogP contribution is 2.37. The van der Waals surface area contributed by atoms with E-state index in [1.165, 1.54) is 4.90 Å². The van der Waals surface area contributed by atoms with Crippen molar-refractivity contribution in [1.82, 2.24) is 14.5 Å². The molecule has 4 aliphatic heterocycles. The second kappa shape index (κ2) is 10.7. The normalized spacial score (nSPS) is 21.5. The van der Waals surface area contributed by atoms with E-state index in [0.717, 1.165) is 49.5 Å². The van der Waals surface area contributed by atoms with E-state index >= 15 is 0 Å². The molecule has 1 fully saturated rings. The second-order valence-corrected chi connectivity index (χ2v) is 10.9. The lowest BCUT2D eigenvalue weighted by Crippen LogP contribution is -2.60. The van der Waals surface area contributed by atoms with Gasteiger partial charge in [0.15, 0.2) is 11.5 Å². The molecule has 2 N–H and O–H groups in total. The SMILES string of the molecule is CN1CC2=C(C1)CN(Sc1ccc3c(c1)OCCO3)C2.O=CC(CC1(O)CNC1)c1ccccc1. The van der Waals surface area contributed by atoms with Crippen LogP contribution in [-0.2, 0) is 4.79 Å². The van der Waals surface area contributed by atoms with Gasteiger partial charge in [0.25, 0.3) is 0 Å². The number of hydrogen-bond donors (Lipinski definition) is 2. The van der Waals surface area contributed by atoms with Crippen LogP contribution in [0.2, 0.25) is 0 Å². The Morgan fingerprint density at radius 2 is 1.71 bits per heavy atom. The molecule has 2 aromatic carbocycles. The first-order valence-electron chi connectivity index (χ1n) is 12.2. The third-order valence-corrected chi connectivity index (χ3v) is 7.79. The number of carbonyl (C=O) groups excluding carboxylic acids is 1. The van der Waals surface area contributed by atoms with E-state index in [1.807, 2.05) is 48.3 Å². The zero-order chi connectivity index (χ0) is 24.3.